The Bertz CT molecular complexity index is 1080. The fraction of sp³-hybridized carbons (Fsp3) is 0.500. The molecule has 1 saturated heterocycles. The molecule has 1 heterocycles. The average molecular weight is 463 g/mol. The molecule has 0 spiro atoms. The second kappa shape index (κ2) is 9.06. The number of nitrogens with zero attached hydrogens (tertiary/aromatic N) is 1. The summed E-state index contributed by atoms with van der Waals surface area (Å²) in [5.41, 5.74) is 3.79. The Morgan fingerprint density at radius 3 is 2.74 bits per heavy atom. The number of rotatable bonds is 5. The van der Waals surface area contributed by atoms with Crippen LogP contribution in [0.1, 0.15) is 55.7 Å². The lowest BCUT2D eigenvalue weighted by molar-refractivity contribution is -0.139. The highest BCUT2D eigenvalue weighted by molar-refractivity contribution is 5.84. The number of piperidine rings is 1. The van der Waals surface area contributed by atoms with E-state index >= 15 is 0 Å². The third-order valence-electron chi connectivity index (χ3n) is 8.34. The molecule has 2 fully saturated rings. The maximum atomic E-state index is 13.1. The van der Waals surface area contributed by atoms with Crippen LogP contribution in [-0.2, 0) is 27.8 Å². The first kappa shape index (κ1) is 22.9. The van der Waals surface area contributed by atoms with Crippen molar-refractivity contribution in [2.75, 3.05) is 13.6 Å². The van der Waals surface area contributed by atoms with Crippen LogP contribution >= 0.6 is 0 Å². The van der Waals surface area contributed by atoms with Crippen molar-refractivity contribution in [2.24, 2.45) is 5.92 Å². The molecule has 1 aliphatic heterocycles. The molecule has 0 radical (unpaired) electrons. The van der Waals surface area contributed by atoms with Gasteiger partial charge < -0.3 is 20.1 Å². The number of carbonyl (C=O) groups is 2. The van der Waals surface area contributed by atoms with Crippen molar-refractivity contribution in [1.82, 2.24) is 10.2 Å². The Hall–Kier alpha value is -2.86. The normalized spacial score (nSPS) is 26.6. The summed E-state index contributed by atoms with van der Waals surface area (Å²) in [6, 6.07) is 12.6. The van der Waals surface area contributed by atoms with Crippen molar-refractivity contribution in [2.45, 2.75) is 69.4 Å². The van der Waals surface area contributed by atoms with Crippen LogP contribution in [-0.4, -0.2) is 47.6 Å². The first-order valence-corrected chi connectivity index (χ1v) is 12.5. The molecule has 0 aromatic heterocycles. The number of likely N-dealkylation sites (N-methyl/N-ethyl adjacent to an activating group) is 1. The number of amides is 1. The fourth-order valence-electron chi connectivity index (χ4n) is 6.73. The minimum atomic E-state index is -0.800. The van der Waals surface area contributed by atoms with Crippen LogP contribution in [0, 0.1) is 5.92 Å². The van der Waals surface area contributed by atoms with Gasteiger partial charge in [0.05, 0.1) is 0 Å². The lowest BCUT2D eigenvalue weighted by Gasteiger charge is -2.58. The Kier molecular flexibility index (Phi) is 6.11. The standard InChI is InChI=1S/C28H34N2O4/c1-18(31)29-25(15-19-6-9-21(32)10-7-19)27(33)34-22-11-8-20-16-26-23-5-3-4-12-28(23,24(20)17-22)13-14-30(26)2/h6-11,17,23,25-26,32H,3-5,12-16H2,1-2H3,(H,29,31)/t23-,25?,26+,28+/m0/s1. The van der Waals surface area contributed by atoms with Gasteiger partial charge in [-0.05, 0) is 86.1 Å². The van der Waals surface area contributed by atoms with Gasteiger partial charge >= 0.3 is 5.97 Å². The highest BCUT2D eigenvalue weighted by atomic mass is 16.5. The smallest absolute Gasteiger partial charge is 0.334 e. The van der Waals surface area contributed by atoms with Gasteiger partial charge in [0.1, 0.15) is 17.5 Å². The first-order valence-electron chi connectivity index (χ1n) is 12.5. The van der Waals surface area contributed by atoms with Gasteiger partial charge in [0.25, 0.3) is 0 Å². The minimum Gasteiger partial charge on any atom is -0.508 e. The maximum absolute atomic E-state index is 13.1. The highest BCUT2D eigenvalue weighted by Gasteiger charge is 2.53. The predicted molar refractivity (Wildman–Crippen MR) is 130 cm³/mol. The number of phenolic OH excluding ortho intramolecular Hbond substituents is 1. The molecule has 2 N–H and O–H groups in total. The van der Waals surface area contributed by atoms with Gasteiger partial charge in [0, 0.05) is 24.8 Å². The number of carbonyl (C=O) groups excluding carboxylic acids is 2. The van der Waals surface area contributed by atoms with Crippen molar-refractivity contribution in [3.63, 3.8) is 0 Å². The second-order valence-electron chi connectivity index (χ2n) is 10.4. The number of likely N-dealkylation sites (tertiary alicyclic amines) is 1. The van der Waals surface area contributed by atoms with E-state index in [1.165, 1.54) is 43.7 Å². The van der Waals surface area contributed by atoms with Crippen LogP contribution in [0.5, 0.6) is 11.5 Å². The molecule has 3 aliphatic rings. The Morgan fingerprint density at radius 2 is 1.97 bits per heavy atom. The zero-order chi connectivity index (χ0) is 23.9. The molecule has 2 aliphatic carbocycles. The van der Waals surface area contributed by atoms with Gasteiger partial charge in [0.15, 0.2) is 0 Å². The van der Waals surface area contributed by atoms with E-state index in [1.807, 2.05) is 6.07 Å². The molecular formula is C28H34N2O4. The number of ether oxygens (including phenoxy) is 1. The minimum absolute atomic E-state index is 0.160. The molecule has 180 valence electrons. The maximum Gasteiger partial charge on any atom is 0.334 e. The number of nitrogens with one attached hydrogen (secondary N) is 1. The Balaban J connectivity index is 1.40. The number of aromatic hydroxyl groups is 1. The van der Waals surface area contributed by atoms with E-state index in [9.17, 15) is 14.7 Å². The van der Waals surface area contributed by atoms with E-state index in [-0.39, 0.29) is 17.1 Å². The van der Waals surface area contributed by atoms with Crippen molar-refractivity contribution < 1.29 is 19.4 Å². The predicted octanol–water partition coefficient (Wildman–Crippen LogP) is 3.73. The van der Waals surface area contributed by atoms with Gasteiger partial charge in [-0.1, -0.05) is 31.0 Å². The lowest BCUT2D eigenvalue weighted by Crippen LogP contribution is -2.59. The van der Waals surface area contributed by atoms with Crippen LogP contribution in [0.4, 0.5) is 0 Å². The van der Waals surface area contributed by atoms with Gasteiger partial charge in [-0.3, -0.25) is 4.79 Å². The molecule has 1 saturated carbocycles. The number of hydrogen-bond donors (Lipinski definition) is 2. The second-order valence-corrected chi connectivity index (χ2v) is 10.4. The third-order valence-corrected chi connectivity index (χ3v) is 8.34. The van der Waals surface area contributed by atoms with Crippen molar-refractivity contribution in [3.05, 3.63) is 59.2 Å². The average Bonchev–Trinajstić information content (AvgIpc) is 2.82. The molecule has 1 amide bonds. The van der Waals surface area contributed by atoms with E-state index in [1.54, 1.807) is 24.3 Å². The molecule has 2 bridgehead atoms. The lowest BCUT2D eigenvalue weighted by atomic mass is 9.52. The summed E-state index contributed by atoms with van der Waals surface area (Å²) < 4.78 is 5.86. The summed E-state index contributed by atoms with van der Waals surface area (Å²) in [5.74, 6) is 0.624. The van der Waals surface area contributed by atoms with E-state index in [0.29, 0.717) is 24.1 Å². The summed E-state index contributed by atoms with van der Waals surface area (Å²) in [6.07, 6.45) is 7.55. The van der Waals surface area contributed by atoms with Crippen LogP contribution in [0.3, 0.4) is 0 Å². The van der Waals surface area contributed by atoms with E-state index in [2.05, 4.69) is 29.4 Å². The summed E-state index contributed by atoms with van der Waals surface area (Å²) in [7, 11) is 2.26. The van der Waals surface area contributed by atoms with Gasteiger partial charge in [-0.15, -0.1) is 0 Å². The molecule has 2 aromatic carbocycles. The third kappa shape index (κ3) is 4.20. The molecule has 6 heteroatoms. The van der Waals surface area contributed by atoms with Crippen molar-refractivity contribution in [1.29, 1.82) is 0 Å². The molecule has 5 rings (SSSR count). The van der Waals surface area contributed by atoms with E-state index < -0.39 is 12.0 Å². The largest absolute Gasteiger partial charge is 0.508 e. The quantitative estimate of drug-likeness (QED) is 0.523. The zero-order valence-corrected chi connectivity index (χ0v) is 20.0. The van der Waals surface area contributed by atoms with Crippen molar-refractivity contribution >= 4 is 11.9 Å². The molecule has 34 heavy (non-hydrogen) atoms. The summed E-state index contributed by atoms with van der Waals surface area (Å²) in [4.78, 5) is 27.5. The number of esters is 1. The van der Waals surface area contributed by atoms with E-state index in [0.717, 1.165) is 24.9 Å². The van der Waals surface area contributed by atoms with E-state index in [4.69, 9.17) is 4.74 Å². The Labute approximate surface area is 201 Å². The molecule has 4 atom stereocenters. The summed E-state index contributed by atoms with van der Waals surface area (Å²) >= 11 is 0. The van der Waals surface area contributed by atoms with Gasteiger partial charge in [-0.2, -0.15) is 0 Å². The molecule has 2 aromatic rings. The number of phenols is 1. The SMILES string of the molecule is CC(=O)NC(Cc1ccc(O)cc1)C(=O)Oc1ccc2c(c1)[C@@]13CCCC[C@H]1[C@@H](C2)N(C)CC3. The number of hydrogen-bond acceptors (Lipinski definition) is 5. The van der Waals surface area contributed by atoms with Crippen LogP contribution in [0.2, 0.25) is 0 Å². The molecular weight excluding hydrogens is 428 g/mol. The van der Waals surface area contributed by atoms with Crippen LogP contribution in [0.15, 0.2) is 42.5 Å². The number of benzene rings is 2. The molecule has 1 unspecified atom stereocenters. The van der Waals surface area contributed by atoms with Crippen LogP contribution in [0.25, 0.3) is 0 Å². The first-order chi connectivity index (χ1) is 16.4. The molecule has 6 nitrogen and oxygen atoms in total. The fourth-order valence-corrected chi connectivity index (χ4v) is 6.73. The highest BCUT2D eigenvalue weighted by Crippen LogP contribution is 2.55. The zero-order valence-electron chi connectivity index (χ0n) is 20.0. The summed E-state index contributed by atoms with van der Waals surface area (Å²) in [5, 5.41) is 12.3. The Morgan fingerprint density at radius 1 is 1.18 bits per heavy atom. The topological polar surface area (TPSA) is 78.9 Å². The van der Waals surface area contributed by atoms with Gasteiger partial charge in [0.2, 0.25) is 5.91 Å². The monoisotopic (exact) mass is 462 g/mol. The van der Waals surface area contributed by atoms with Crippen molar-refractivity contribution in [3.8, 4) is 11.5 Å². The van der Waals surface area contributed by atoms with Gasteiger partial charge in [-0.25, -0.2) is 4.79 Å². The summed E-state index contributed by atoms with van der Waals surface area (Å²) in [6.45, 7) is 2.51. The van der Waals surface area contributed by atoms with Crippen LogP contribution < -0.4 is 10.1 Å². The number of fused-ring (bicyclic) bond motifs is 1.